The van der Waals surface area contributed by atoms with Crippen LogP contribution in [0.1, 0.15) is 48.5 Å². The van der Waals surface area contributed by atoms with E-state index in [1.165, 1.54) is 12.1 Å². The molecule has 0 aromatic heterocycles. The van der Waals surface area contributed by atoms with Gasteiger partial charge in [0.15, 0.2) is 12.4 Å². The van der Waals surface area contributed by atoms with Crippen LogP contribution in [0.15, 0.2) is 97.1 Å². The maximum Gasteiger partial charge on any atom is 0.338 e. The number of amides is 2. The van der Waals surface area contributed by atoms with Crippen LogP contribution in [-0.4, -0.2) is 30.2 Å². The van der Waals surface area contributed by atoms with Crippen LogP contribution in [0.2, 0.25) is 0 Å². The summed E-state index contributed by atoms with van der Waals surface area (Å²) < 4.78 is 5.28. The number of nitrogens with zero attached hydrogens (tertiary/aromatic N) is 1. The van der Waals surface area contributed by atoms with Gasteiger partial charge in [0.25, 0.3) is 0 Å². The molecular formula is C34H23Cl2NO5. The molecule has 6 nitrogen and oxygen atoms in total. The third-order valence-corrected chi connectivity index (χ3v) is 9.92. The Hall–Kier alpha value is -4.26. The number of halogens is 2. The molecule has 0 unspecified atom stereocenters. The lowest BCUT2D eigenvalue weighted by Crippen LogP contribution is -2.57. The predicted molar refractivity (Wildman–Crippen MR) is 158 cm³/mol. The Labute approximate surface area is 251 Å². The van der Waals surface area contributed by atoms with Crippen molar-refractivity contribution in [2.24, 2.45) is 11.8 Å². The Bertz CT molecular complexity index is 1710. The molecule has 1 fully saturated rings. The van der Waals surface area contributed by atoms with E-state index in [2.05, 4.69) is 0 Å². The van der Waals surface area contributed by atoms with Crippen LogP contribution in [0, 0.1) is 18.8 Å². The number of rotatable bonds is 5. The summed E-state index contributed by atoms with van der Waals surface area (Å²) in [5, 5.41) is 0. The minimum atomic E-state index is -1.30. The van der Waals surface area contributed by atoms with Crippen molar-refractivity contribution in [2.75, 3.05) is 11.5 Å². The Kier molecular flexibility index (Phi) is 5.95. The van der Waals surface area contributed by atoms with E-state index in [-0.39, 0.29) is 17.0 Å². The summed E-state index contributed by atoms with van der Waals surface area (Å²) in [7, 11) is 0. The van der Waals surface area contributed by atoms with Gasteiger partial charge in [-0.15, -0.1) is 23.2 Å². The van der Waals surface area contributed by atoms with Crippen LogP contribution >= 0.6 is 23.2 Å². The number of Topliss-reactive ketones (excluding diaryl/α,β-unsaturated/α-hetero) is 1. The van der Waals surface area contributed by atoms with Gasteiger partial charge in [-0.2, -0.15) is 0 Å². The lowest BCUT2D eigenvalue weighted by Gasteiger charge is -2.54. The quantitative estimate of drug-likeness (QED) is 0.120. The highest BCUT2D eigenvalue weighted by atomic mass is 35.5. The second-order valence-electron chi connectivity index (χ2n) is 10.9. The summed E-state index contributed by atoms with van der Waals surface area (Å²) in [5.41, 5.74) is 4.56. The zero-order chi connectivity index (χ0) is 29.4. The van der Waals surface area contributed by atoms with E-state index < -0.39 is 46.0 Å². The molecule has 0 N–H and O–H groups in total. The van der Waals surface area contributed by atoms with Crippen LogP contribution in [0.25, 0.3) is 0 Å². The van der Waals surface area contributed by atoms with Gasteiger partial charge in [-0.3, -0.25) is 14.4 Å². The average molecular weight is 596 g/mol. The molecule has 2 amide bonds. The summed E-state index contributed by atoms with van der Waals surface area (Å²) in [6.45, 7) is 1.46. The van der Waals surface area contributed by atoms with Crippen LogP contribution in [0.5, 0.6) is 0 Å². The molecule has 0 radical (unpaired) electrons. The molecule has 2 atom stereocenters. The Morgan fingerprint density at radius 2 is 1.21 bits per heavy atom. The zero-order valence-corrected chi connectivity index (χ0v) is 23.9. The van der Waals surface area contributed by atoms with E-state index in [1.807, 2.05) is 55.5 Å². The fraction of sp³-hybridized carbons (Fsp3) is 0.176. The predicted octanol–water partition coefficient (Wildman–Crippen LogP) is 6.13. The Balaban J connectivity index is 1.22. The maximum absolute atomic E-state index is 14.2. The molecule has 4 aromatic carbocycles. The van der Waals surface area contributed by atoms with Crippen molar-refractivity contribution in [1.29, 1.82) is 0 Å². The molecule has 42 heavy (non-hydrogen) atoms. The largest absolute Gasteiger partial charge is 0.454 e. The van der Waals surface area contributed by atoms with Gasteiger partial charge in [-0.05, 0) is 47.4 Å². The number of anilines is 1. The van der Waals surface area contributed by atoms with Gasteiger partial charge in [-0.1, -0.05) is 84.4 Å². The number of hydrogen-bond acceptors (Lipinski definition) is 5. The molecule has 2 bridgehead atoms. The highest BCUT2D eigenvalue weighted by Gasteiger charge is 2.73. The van der Waals surface area contributed by atoms with Gasteiger partial charge in [0, 0.05) is 5.56 Å². The summed E-state index contributed by atoms with van der Waals surface area (Å²) >= 11 is 15.0. The third-order valence-electron chi connectivity index (χ3n) is 8.63. The number of ketones is 1. The topological polar surface area (TPSA) is 80.8 Å². The smallest absolute Gasteiger partial charge is 0.338 e. The van der Waals surface area contributed by atoms with Crippen molar-refractivity contribution in [3.05, 3.63) is 136 Å². The number of esters is 1. The molecule has 0 spiro atoms. The second kappa shape index (κ2) is 9.38. The van der Waals surface area contributed by atoms with Gasteiger partial charge in [-0.25, -0.2) is 9.69 Å². The van der Waals surface area contributed by atoms with E-state index in [4.69, 9.17) is 27.9 Å². The van der Waals surface area contributed by atoms with E-state index in [9.17, 15) is 19.2 Å². The van der Waals surface area contributed by atoms with Crippen molar-refractivity contribution in [2.45, 2.75) is 16.7 Å². The molecule has 1 heterocycles. The fourth-order valence-corrected chi connectivity index (χ4v) is 7.83. The molecule has 208 valence electrons. The maximum atomic E-state index is 14.2. The monoisotopic (exact) mass is 595 g/mol. The first-order chi connectivity index (χ1) is 20.2. The van der Waals surface area contributed by atoms with Crippen molar-refractivity contribution >= 4 is 52.5 Å². The SMILES string of the molecule is Cc1ccc(C(=O)COC(=O)c2cccc(N3C(=O)[C@@H]4[C@@H](C3=O)C3(Cl)c5ccccc5C4(Cl)c4ccccc43)c2)cc1. The van der Waals surface area contributed by atoms with Crippen molar-refractivity contribution in [3.8, 4) is 0 Å². The summed E-state index contributed by atoms with van der Waals surface area (Å²) in [6, 6.07) is 27.8. The van der Waals surface area contributed by atoms with Crippen molar-refractivity contribution in [1.82, 2.24) is 0 Å². The summed E-state index contributed by atoms with van der Waals surface area (Å²) in [6.07, 6.45) is 0. The van der Waals surface area contributed by atoms with E-state index in [0.29, 0.717) is 27.8 Å². The molecule has 3 aliphatic carbocycles. The first-order valence-electron chi connectivity index (χ1n) is 13.5. The van der Waals surface area contributed by atoms with Gasteiger partial charge in [0.05, 0.1) is 23.1 Å². The highest BCUT2D eigenvalue weighted by Crippen LogP contribution is 2.69. The number of hydrogen-bond donors (Lipinski definition) is 0. The van der Waals surface area contributed by atoms with Gasteiger partial charge in [0.1, 0.15) is 9.75 Å². The van der Waals surface area contributed by atoms with Crippen molar-refractivity contribution in [3.63, 3.8) is 0 Å². The third kappa shape index (κ3) is 3.52. The van der Waals surface area contributed by atoms with Crippen LogP contribution in [-0.2, 0) is 24.1 Å². The first-order valence-corrected chi connectivity index (χ1v) is 14.3. The van der Waals surface area contributed by atoms with Crippen LogP contribution < -0.4 is 4.90 Å². The van der Waals surface area contributed by atoms with Gasteiger partial charge >= 0.3 is 5.97 Å². The zero-order valence-electron chi connectivity index (χ0n) is 22.3. The molecule has 4 aliphatic rings. The standard InChI is InChI=1S/C34H23Cl2NO5/c1-19-13-15-20(16-14-19)27(38)18-42-32(41)21-7-6-8-22(17-21)37-30(39)28-29(31(37)40)34(36)24-10-3-2-9-23(24)33(28,35)25-11-4-5-12-26(25)34/h2-17,28-29H,18H2,1H3/t28-,29-,33?,34?/m0/s1. The second-order valence-corrected chi connectivity index (χ2v) is 12.1. The number of carbonyl (C=O) groups is 4. The molecule has 8 rings (SSSR count). The van der Waals surface area contributed by atoms with Crippen LogP contribution in [0.3, 0.4) is 0 Å². The van der Waals surface area contributed by atoms with E-state index in [1.54, 1.807) is 36.4 Å². The average Bonchev–Trinajstić information content (AvgIpc) is 3.29. The van der Waals surface area contributed by atoms with Crippen LogP contribution in [0.4, 0.5) is 5.69 Å². The van der Waals surface area contributed by atoms with Gasteiger partial charge < -0.3 is 4.74 Å². The molecule has 1 aliphatic heterocycles. The minimum Gasteiger partial charge on any atom is -0.454 e. The number of imide groups is 1. The molecule has 0 saturated carbocycles. The molecular weight excluding hydrogens is 573 g/mol. The lowest BCUT2D eigenvalue weighted by atomic mass is 9.54. The van der Waals surface area contributed by atoms with Gasteiger partial charge in [0.2, 0.25) is 11.8 Å². The van der Waals surface area contributed by atoms with E-state index >= 15 is 0 Å². The number of ether oxygens (including phenoxy) is 1. The summed E-state index contributed by atoms with van der Waals surface area (Å²) in [4.78, 5) is 52.3. The molecule has 4 aromatic rings. The number of aryl methyl sites for hydroxylation is 1. The Morgan fingerprint density at radius 1 is 0.714 bits per heavy atom. The Morgan fingerprint density at radius 3 is 1.71 bits per heavy atom. The van der Waals surface area contributed by atoms with E-state index in [0.717, 1.165) is 10.5 Å². The fourth-order valence-electron chi connectivity index (χ4n) is 6.73. The highest BCUT2D eigenvalue weighted by molar-refractivity contribution is 6.38. The molecule has 1 saturated heterocycles. The first kappa shape index (κ1) is 26.6. The normalized spacial score (nSPS) is 25.1. The number of alkyl halides is 2. The summed E-state index contributed by atoms with van der Waals surface area (Å²) in [5.74, 6) is -4.00. The molecule has 8 heteroatoms. The lowest BCUT2D eigenvalue weighted by molar-refractivity contribution is -0.122. The number of benzene rings is 4. The number of carbonyl (C=O) groups excluding carboxylic acids is 4. The minimum absolute atomic E-state index is 0.0930. The van der Waals surface area contributed by atoms with Crippen molar-refractivity contribution < 1.29 is 23.9 Å².